The van der Waals surface area contributed by atoms with Crippen LogP contribution in [0.1, 0.15) is 12.7 Å². The summed E-state index contributed by atoms with van der Waals surface area (Å²) in [6.07, 6.45) is 0.816. The SMILES string of the molecule is COc1ccc(OC(C)C(=O)N(C)Cc2ncn[nH]2)cc1. The Balaban J connectivity index is 1.91. The minimum Gasteiger partial charge on any atom is -0.497 e. The topological polar surface area (TPSA) is 80.3 Å². The van der Waals surface area contributed by atoms with Gasteiger partial charge in [-0.25, -0.2) is 4.98 Å². The fourth-order valence-electron chi connectivity index (χ4n) is 1.83. The van der Waals surface area contributed by atoms with Gasteiger partial charge in [0.05, 0.1) is 13.7 Å². The average molecular weight is 290 g/mol. The molecule has 0 aliphatic heterocycles. The molecule has 21 heavy (non-hydrogen) atoms. The van der Waals surface area contributed by atoms with Gasteiger partial charge in [-0.15, -0.1) is 0 Å². The molecule has 0 aliphatic rings. The number of ether oxygens (including phenoxy) is 2. The molecule has 2 rings (SSSR count). The highest BCUT2D eigenvalue weighted by molar-refractivity contribution is 5.80. The zero-order valence-electron chi connectivity index (χ0n) is 12.2. The van der Waals surface area contributed by atoms with E-state index in [1.54, 1.807) is 45.3 Å². The number of amides is 1. The molecule has 1 heterocycles. The minimum absolute atomic E-state index is 0.137. The van der Waals surface area contributed by atoms with Crippen LogP contribution in [0.15, 0.2) is 30.6 Å². The number of hydrogen-bond donors (Lipinski definition) is 1. The Kier molecular flexibility index (Phi) is 4.76. The lowest BCUT2D eigenvalue weighted by molar-refractivity contribution is -0.137. The molecule has 1 amide bonds. The van der Waals surface area contributed by atoms with Gasteiger partial charge in [-0.1, -0.05) is 0 Å². The first kappa shape index (κ1) is 14.8. The molecule has 1 unspecified atom stereocenters. The fraction of sp³-hybridized carbons (Fsp3) is 0.357. The van der Waals surface area contributed by atoms with Gasteiger partial charge in [0.1, 0.15) is 23.7 Å². The van der Waals surface area contributed by atoms with Gasteiger partial charge in [-0.05, 0) is 31.2 Å². The van der Waals surface area contributed by atoms with Gasteiger partial charge in [0.25, 0.3) is 5.91 Å². The van der Waals surface area contributed by atoms with Crippen LogP contribution >= 0.6 is 0 Å². The van der Waals surface area contributed by atoms with Crippen LogP contribution in [0.4, 0.5) is 0 Å². The number of H-pyrrole nitrogens is 1. The van der Waals surface area contributed by atoms with Gasteiger partial charge in [-0.2, -0.15) is 5.10 Å². The van der Waals surface area contributed by atoms with Crippen LogP contribution in [0.3, 0.4) is 0 Å². The molecule has 0 fully saturated rings. The van der Waals surface area contributed by atoms with Gasteiger partial charge < -0.3 is 14.4 Å². The molecule has 1 aromatic carbocycles. The maximum Gasteiger partial charge on any atom is 0.263 e. The van der Waals surface area contributed by atoms with Crippen molar-refractivity contribution in [3.63, 3.8) is 0 Å². The standard InChI is InChI=1S/C14H18N4O3/c1-10(21-12-6-4-11(20-3)5-7-12)14(19)18(2)8-13-15-9-16-17-13/h4-7,9-10H,8H2,1-3H3,(H,15,16,17). The molecule has 1 N–H and O–H groups in total. The molecule has 7 heteroatoms. The monoisotopic (exact) mass is 290 g/mol. The van der Waals surface area contributed by atoms with E-state index in [4.69, 9.17) is 9.47 Å². The predicted molar refractivity (Wildman–Crippen MR) is 75.9 cm³/mol. The van der Waals surface area contributed by atoms with Crippen molar-refractivity contribution in [1.29, 1.82) is 0 Å². The summed E-state index contributed by atoms with van der Waals surface area (Å²) in [6, 6.07) is 7.09. The number of methoxy groups -OCH3 is 1. The summed E-state index contributed by atoms with van der Waals surface area (Å²) in [7, 11) is 3.29. The Labute approximate surface area is 122 Å². The van der Waals surface area contributed by atoms with Gasteiger partial charge in [-0.3, -0.25) is 9.89 Å². The predicted octanol–water partition coefficient (Wildman–Crippen LogP) is 1.24. The molecule has 2 aromatic rings. The van der Waals surface area contributed by atoms with Crippen molar-refractivity contribution >= 4 is 5.91 Å². The summed E-state index contributed by atoms with van der Waals surface area (Å²) in [6.45, 7) is 2.07. The first-order valence-corrected chi connectivity index (χ1v) is 6.50. The van der Waals surface area contributed by atoms with Gasteiger partial charge in [0.2, 0.25) is 0 Å². The van der Waals surface area contributed by atoms with E-state index in [2.05, 4.69) is 15.2 Å². The van der Waals surface area contributed by atoms with Crippen molar-refractivity contribution in [3.05, 3.63) is 36.4 Å². The van der Waals surface area contributed by atoms with E-state index in [9.17, 15) is 4.79 Å². The molecule has 1 aromatic heterocycles. The Hall–Kier alpha value is -2.57. The van der Waals surface area contributed by atoms with Crippen molar-refractivity contribution in [2.24, 2.45) is 0 Å². The van der Waals surface area contributed by atoms with E-state index >= 15 is 0 Å². The smallest absolute Gasteiger partial charge is 0.263 e. The number of carbonyl (C=O) groups is 1. The van der Waals surface area contributed by atoms with E-state index in [0.29, 0.717) is 18.1 Å². The van der Waals surface area contributed by atoms with Gasteiger partial charge >= 0.3 is 0 Å². The summed E-state index contributed by atoms with van der Waals surface area (Å²) in [5, 5.41) is 6.46. The van der Waals surface area contributed by atoms with Crippen LogP contribution in [0.5, 0.6) is 11.5 Å². The van der Waals surface area contributed by atoms with Crippen LogP contribution in [-0.4, -0.2) is 46.2 Å². The van der Waals surface area contributed by atoms with Crippen LogP contribution in [-0.2, 0) is 11.3 Å². The van der Waals surface area contributed by atoms with Crippen LogP contribution in [0.25, 0.3) is 0 Å². The summed E-state index contributed by atoms with van der Waals surface area (Å²) < 4.78 is 10.7. The number of benzene rings is 1. The Morgan fingerprint density at radius 3 is 2.57 bits per heavy atom. The van der Waals surface area contributed by atoms with E-state index in [0.717, 1.165) is 5.75 Å². The first-order chi connectivity index (χ1) is 10.1. The van der Waals surface area contributed by atoms with Crippen LogP contribution < -0.4 is 9.47 Å². The number of nitrogens with zero attached hydrogens (tertiary/aromatic N) is 3. The lowest BCUT2D eigenvalue weighted by atomic mass is 10.3. The Morgan fingerprint density at radius 1 is 1.33 bits per heavy atom. The van der Waals surface area contributed by atoms with Crippen molar-refractivity contribution < 1.29 is 14.3 Å². The molecular weight excluding hydrogens is 272 g/mol. The second-order valence-electron chi connectivity index (χ2n) is 4.56. The number of nitrogens with one attached hydrogen (secondary N) is 1. The third kappa shape index (κ3) is 3.95. The largest absolute Gasteiger partial charge is 0.497 e. The molecule has 7 nitrogen and oxygen atoms in total. The summed E-state index contributed by atoms with van der Waals surface area (Å²) in [4.78, 5) is 17.7. The van der Waals surface area contributed by atoms with Crippen LogP contribution in [0, 0.1) is 0 Å². The quantitative estimate of drug-likeness (QED) is 0.865. The molecule has 0 aliphatic carbocycles. The molecule has 1 atom stereocenters. The highest BCUT2D eigenvalue weighted by atomic mass is 16.5. The number of hydrogen-bond acceptors (Lipinski definition) is 5. The summed E-state index contributed by atoms with van der Waals surface area (Å²) in [5.74, 6) is 1.85. The molecule has 0 saturated carbocycles. The van der Waals surface area contributed by atoms with Gasteiger partial charge in [0, 0.05) is 7.05 Å². The highest BCUT2D eigenvalue weighted by Crippen LogP contribution is 2.18. The Morgan fingerprint density at radius 2 is 2.00 bits per heavy atom. The van der Waals surface area contributed by atoms with E-state index in [1.807, 2.05) is 0 Å². The lowest BCUT2D eigenvalue weighted by Gasteiger charge is -2.21. The normalized spacial score (nSPS) is 11.8. The van der Waals surface area contributed by atoms with Crippen molar-refractivity contribution in [2.45, 2.75) is 19.6 Å². The minimum atomic E-state index is -0.591. The molecular formula is C14H18N4O3. The molecule has 112 valence electrons. The van der Waals surface area contributed by atoms with E-state index in [-0.39, 0.29) is 5.91 Å². The Bertz CT molecular complexity index is 568. The maximum absolute atomic E-state index is 12.2. The number of carbonyl (C=O) groups excluding carboxylic acids is 1. The third-order valence-corrected chi connectivity index (χ3v) is 2.95. The fourth-order valence-corrected chi connectivity index (χ4v) is 1.83. The molecule has 0 bridgehead atoms. The highest BCUT2D eigenvalue weighted by Gasteiger charge is 2.20. The van der Waals surface area contributed by atoms with E-state index < -0.39 is 6.10 Å². The zero-order chi connectivity index (χ0) is 15.2. The second-order valence-corrected chi connectivity index (χ2v) is 4.56. The van der Waals surface area contributed by atoms with E-state index in [1.165, 1.54) is 11.2 Å². The average Bonchev–Trinajstić information content (AvgIpc) is 3.00. The zero-order valence-corrected chi connectivity index (χ0v) is 12.2. The van der Waals surface area contributed by atoms with Crippen molar-refractivity contribution in [2.75, 3.05) is 14.2 Å². The second kappa shape index (κ2) is 6.74. The molecule has 0 saturated heterocycles. The number of rotatable bonds is 6. The van der Waals surface area contributed by atoms with Crippen LogP contribution in [0.2, 0.25) is 0 Å². The lowest BCUT2D eigenvalue weighted by Crippen LogP contribution is -2.37. The number of aromatic amines is 1. The number of likely N-dealkylation sites (N-methyl/N-ethyl adjacent to an activating group) is 1. The first-order valence-electron chi connectivity index (χ1n) is 6.50. The molecule has 0 spiro atoms. The summed E-state index contributed by atoms with van der Waals surface area (Å²) >= 11 is 0. The summed E-state index contributed by atoms with van der Waals surface area (Å²) in [5.41, 5.74) is 0. The number of aromatic nitrogens is 3. The van der Waals surface area contributed by atoms with Crippen molar-refractivity contribution in [3.8, 4) is 11.5 Å². The van der Waals surface area contributed by atoms with Crippen molar-refractivity contribution in [1.82, 2.24) is 20.1 Å². The molecule has 0 radical (unpaired) electrons. The maximum atomic E-state index is 12.2. The van der Waals surface area contributed by atoms with Gasteiger partial charge in [0.15, 0.2) is 6.10 Å². The third-order valence-electron chi connectivity index (χ3n) is 2.95.